The number of rotatable bonds is 8. The quantitative estimate of drug-likeness (QED) is 0.659. The molecule has 1 saturated heterocycles. The number of ether oxygens (including phenoxy) is 1. The molecule has 1 unspecified atom stereocenters. The maximum Gasteiger partial charge on any atom is 0.323 e. The van der Waals surface area contributed by atoms with Gasteiger partial charge in [0.1, 0.15) is 17.9 Å². The van der Waals surface area contributed by atoms with Crippen LogP contribution in [0, 0.1) is 5.92 Å². The number of nitrogens with one attached hydrogen (secondary N) is 2. The van der Waals surface area contributed by atoms with Crippen molar-refractivity contribution in [3.63, 3.8) is 0 Å². The Morgan fingerprint density at radius 1 is 1.36 bits per heavy atom. The van der Waals surface area contributed by atoms with E-state index in [-0.39, 0.29) is 29.9 Å². The molecule has 158 valence electrons. The van der Waals surface area contributed by atoms with Gasteiger partial charge in [-0.3, -0.25) is 14.9 Å². The van der Waals surface area contributed by atoms with Crippen LogP contribution >= 0.6 is 0 Å². The van der Waals surface area contributed by atoms with Crippen LogP contribution in [0.3, 0.4) is 0 Å². The first kappa shape index (κ1) is 22.4. The second-order valence-corrected chi connectivity index (χ2v) is 8.72. The lowest BCUT2D eigenvalue weighted by atomic mass is 9.86. The van der Waals surface area contributed by atoms with Gasteiger partial charge in [0.25, 0.3) is 0 Å². The molecule has 0 aromatic carbocycles. The van der Waals surface area contributed by atoms with Crippen molar-refractivity contribution in [3.8, 4) is 0 Å². The Bertz CT molecular complexity index is 635. The number of nitrogens with zero attached hydrogens (tertiary/aromatic N) is 1. The Balaban J connectivity index is 2.26. The third kappa shape index (κ3) is 6.06. The normalized spacial score (nSPS) is 23.6. The molecule has 1 amide bonds. The molecule has 2 heterocycles. The number of oxazole rings is 1. The van der Waals surface area contributed by atoms with Crippen molar-refractivity contribution < 1.29 is 18.7 Å². The molecule has 7 heteroatoms. The molecule has 28 heavy (non-hydrogen) atoms. The van der Waals surface area contributed by atoms with Gasteiger partial charge in [-0.25, -0.2) is 4.98 Å². The van der Waals surface area contributed by atoms with Gasteiger partial charge in [-0.05, 0) is 39.5 Å². The standard InChI is InChI=1S/C21H35N3O4/c1-7-14(8-2)11-16(23-13(3)25)18-15(19-22-9-10-27-19)12-17(24-18)20(26)28-21(4,5)6/h9-10,14-18,24H,7-8,11-12H2,1-6H3,(H,23,25)/t15-,16+,17?,18-/m1/s1. The molecule has 2 N–H and O–H groups in total. The van der Waals surface area contributed by atoms with E-state index in [2.05, 4.69) is 29.5 Å². The number of hydrogen-bond acceptors (Lipinski definition) is 6. The molecule has 4 atom stereocenters. The van der Waals surface area contributed by atoms with E-state index in [1.165, 1.54) is 6.92 Å². The summed E-state index contributed by atoms with van der Waals surface area (Å²) < 4.78 is 11.2. The van der Waals surface area contributed by atoms with Gasteiger partial charge in [0.05, 0.1) is 12.1 Å². The lowest BCUT2D eigenvalue weighted by Crippen LogP contribution is -2.52. The molecule has 0 spiro atoms. The lowest BCUT2D eigenvalue weighted by molar-refractivity contribution is -0.157. The summed E-state index contributed by atoms with van der Waals surface area (Å²) in [7, 11) is 0. The first-order valence-electron chi connectivity index (χ1n) is 10.3. The van der Waals surface area contributed by atoms with E-state index < -0.39 is 11.6 Å². The summed E-state index contributed by atoms with van der Waals surface area (Å²) in [6, 6.07) is -0.730. The molecular weight excluding hydrogens is 358 g/mol. The monoisotopic (exact) mass is 393 g/mol. The van der Waals surface area contributed by atoms with Gasteiger partial charge in [0.2, 0.25) is 5.91 Å². The fraction of sp³-hybridized carbons (Fsp3) is 0.762. The first-order chi connectivity index (χ1) is 13.1. The van der Waals surface area contributed by atoms with Gasteiger partial charge in [-0.1, -0.05) is 26.7 Å². The zero-order valence-corrected chi connectivity index (χ0v) is 18.0. The predicted octanol–water partition coefficient (Wildman–Crippen LogP) is 3.16. The second-order valence-electron chi connectivity index (χ2n) is 8.72. The Morgan fingerprint density at radius 2 is 2.04 bits per heavy atom. The van der Waals surface area contributed by atoms with Gasteiger partial charge in [-0.15, -0.1) is 0 Å². The molecule has 1 fully saturated rings. The van der Waals surface area contributed by atoms with E-state index in [0.29, 0.717) is 18.2 Å². The molecule has 1 aromatic rings. The number of carbonyl (C=O) groups is 2. The van der Waals surface area contributed by atoms with E-state index in [4.69, 9.17) is 9.15 Å². The van der Waals surface area contributed by atoms with Gasteiger partial charge in [0, 0.05) is 19.0 Å². The molecule has 0 bridgehead atoms. The highest BCUT2D eigenvalue weighted by Gasteiger charge is 2.45. The minimum Gasteiger partial charge on any atom is -0.459 e. The Hall–Kier alpha value is -1.89. The van der Waals surface area contributed by atoms with Crippen LogP contribution in [0.15, 0.2) is 16.9 Å². The summed E-state index contributed by atoms with van der Waals surface area (Å²) in [5, 5.41) is 6.52. The van der Waals surface area contributed by atoms with Crippen LogP contribution in [0.2, 0.25) is 0 Å². The summed E-state index contributed by atoms with van der Waals surface area (Å²) in [6.45, 7) is 11.4. The van der Waals surface area contributed by atoms with E-state index in [9.17, 15) is 9.59 Å². The van der Waals surface area contributed by atoms with Crippen LogP contribution < -0.4 is 10.6 Å². The van der Waals surface area contributed by atoms with Crippen LogP contribution in [0.4, 0.5) is 0 Å². The van der Waals surface area contributed by atoms with Crippen molar-refractivity contribution in [1.29, 1.82) is 0 Å². The van der Waals surface area contributed by atoms with Crippen LogP contribution in [0.25, 0.3) is 0 Å². The zero-order chi connectivity index (χ0) is 20.9. The number of hydrogen-bond donors (Lipinski definition) is 2. The van der Waals surface area contributed by atoms with Gasteiger partial charge in [0.15, 0.2) is 5.89 Å². The number of aromatic nitrogens is 1. The molecule has 1 aromatic heterocycles. The van der Waals surface area contributed by atoms with Crippen LogP contribution in [-0.2, 0) is 14.3 Å². The van der Waals surface area contributed by atoms with Crippen LogP contribution in [0.1, 0.15) is 79.0 Å². The van der Waals surface area contributed by atoms with Gasteiger partial charge >= 0.3 is 5.97 Å². The molecule has 0 radical (unpaired) electrons. The molecule has 0 saturated carbocycles. The first-order valence-corrected chi connectivity index (χ1v) is 10.3. The van der Waals surface area contributed by atoms with Crippen molar-refractivity contribution in [2.45, 2.75) is 96.9 Å². The van der Waals surface area contributed by atoms with Crippen molar-refractivity contribution in [2.24, 2.45) is 5.92 Å². The lowest BCUT2D eigenvalue weighted by Gasteiger charge is -2.31. The van der Waals surface area contributed by atoms with Crippen molar-refractivity contribution in [2.75, 3.05) is 0 Å². The third-order valence-electron chi connectivity index (χ3n) is 5.34. The summed E-state index contributed by atoms with van der Waals surface area (Å²) in [6.07, 6.45) is 6.60. The smallest absolute Gasteiger partial charge is 0.323 e. The number of amides is 1. The topological polar surface area (TPSA) is 93.5 Å². The molecule has 7 nitrogen and oxygen atoms in total. The summed E-state index contributed by atoms with van der Waals surface area (Å²) in [5.41, 5.74) is -0.554. The summed E-state index contributed by atoms with van der Waals surface area (Å²) in [5.74, 6) is 0.604. The highest BCUT2D eigenvalue weighted by molar-refractivity contribution is 5.77. The minimum atomic E-state index is -0.554. The van der Waals surface area contributed by atoms with Crippen molar-refractivity contribution >= 4 is 11.9 Å². The molecule has 0 aliphatic carbocycles. The number of esters is 1. The summed E-state index contributed by atoms with van der Waals surface area (Å²) >= 11 is 0. The summed E-state index contributed by atoms with van der Waals surface area (Å²) in [4.78, 5) is 28.9. The Morgan fingerprint density at radius 3 is 2.54 bits per heavy atom. The average molecular weight is 394 g/mol. The fourth-order valence-corrected chi connectivity index (χ4v) is 3.96. The van der Waals surface area contributed by atoms with E-state index in [1.54, 1.807) is 12.5 Å². The predicted molar refractivity (Wildman–Crippen MR) is 107 cm³/mol. The van der Waals surface area contributed by atoms with Crippen LogP contribution in [0.5, 0.6) is 0 Å². The third-order valence-corrected chi connectivity index (χ3v) is 5.34. The average Bonchev–Trinajstić information content (AvgIpc) is 3.25. The fourth-order valence-electron chi connectivity index (χ4n) is 3.96. The van der Waals surface area contributed by atoms with Crippen molar-refractivity contribution in [1.82, 2.24) is 15.6 Å². The SMILES string of the molecule is CCC(CC)C[C@H](NC(C)=O)[C@@H]1NC(C(=O)OC(C)(C)C)C[C@H]1c1ncco1. The van der Waals surface area contributed by atoms with Gasteiger partial charge < -0.3 is 14.5 Å². The van der Waals surface area contributed by atoms with Gasteiger partial charge in [-0.2, -0.15) is 0 Å². The molecule has 2 rings (SSSR count). The van der Waals surface area contributed by atoms with E-state index in [0.717, 1.165) is 19.3 Å². The zero-order valence-electron chi connectivity index (χ0n) is 18.0. The van der Waals surface area contributed by atoms with Crippen LogP contribution in [-0.4, -0.2) is 40.6 Å². The highest BCUT2D eigenvalue weighted by atomic mass is 16.6. The van der Waals surface area contributed by atoms with E-state index in [1.807, 2.05) is 20.8 Å². The van der Waals surface area contributed by atoms with Crippen molar-refractivity contribution in [3.05, 3.63) is 18.4 Å². The molecule has 1 aliphatic heterocycles. The highest BCUT2D eigenvalue weighted by Crippen LogP contribution is 2.35. The molecule has 1 aliphatic rings. The maximum atomic E-state index is 12.7. The largest absolute Gasteiger partial charge is 0.459 e. The maximum absolute atomic E-state index is 12.7. The molecular formula is C21H35N3O4. The minimum absolute atomic E-state index is 0.0790. The Kier molecular flexibility index (Phi) is 7.63. The van der Waals surface area contributed by atoms with E-state index >= 15 is 0 Å². The Labute approximate surface area is 168 Å². The number of carbonyl (C=O) groups excluding carboxylic acids is 2. The second kappa shape index (κ2) is 9.54.